The van der Waals surface area contributed by atoms with Gasteiger partial charge in [-0.15, -0.1) is 0 Å². The minimum absolute atomic E-state index is 0.127. The van der Waals surface area contributed by atoms with Crippen LogP contribution in [-0.2, 0) is 4.57 Å². The number of aryl methyl sites for hydroxylation is 2. The molecule has 5 aromatic carbocycles. The fourth-order valence-corrected chi connectivity index (χ4v) is 7.64. The number of benzene rings is 5. The van der Waals surface area contributed by atoms with E-state index in [9.17, 15) is 9.59 Å². The van der Waals surface area contributed by atoms with Crippen molar-refractivity contribution in [2.45, 2.75) is 13.8 Å². The summed E-state index contributed by atoms with van der Waals surface area (Å²) < 4.78 is 26.6. The van der Waals surface area contributed by atoms with Crippen LogP contribution < -0.4 is 14.8 Å². The maximum absolute atomic E-state index is 15.4. The summed E-state index contributed by atoms with van der Waals surface area (Å²) in [4.78, 5) is 29.3. The zero-order chi connectivity index (χ0) is 27.0. The molecule has 0 atom stereocenters. The van der Waals surface area contributed by atoms with Crippen LogP contribution in [0.25, 0.3) is 21.5 Å². The molecule has 0 saturated heterocycles. The molecule has 5 rings (SSSR count). The highest BCUT2D eigenvalue weighted by Crippen LogP contribution is 2.55. The quantitative estimate of drug-likeness (QED) is 0.210. The second-order valence-electron chi connectivity index (χ2n) is 9.24. The van der Waals surface area contributed by atoms with Crippen molar-refractivity contribution in [1.82, 2.24) is 0 Å². The molecule has 0 saturated carbocycles. The highest BCUT2D eigenvalue weighted by molar-refractivity contribution is 8.01. The molecule has 0 radical (unpaired) electrons. The van der Waals surface area contributed by atoms with E-state index in [0.29, 0.717) is 16.3 Å². The van der Waals surface area contributed by atoms with E-state index in [1.165, 1.54) is 14.2 Å². The largest absolute Gasteiger partial charge is 0.496 e. The fraction of sp³-hybridized carbons (Fsp3) is 0.125. The van der Waals surface area contributed by atoms with Crippen LogP contribution in [0.4, 0.5) is 0 Å². The van der Waals surface area contributed by atoms with Gasteiger partial charge in [0.25, 0.3) is 0 Å². The summed E-state index contributed by atoms with van der Waals surface area (Å²) in [5.41, 5.74) is 0.115. The maximum Gasteiger partial charge on any atom is 0.249 e. The van der Waals surface area contributed by atoms with E-state index < -0.39 is 18.2 Å². The van der Waals surface area contributed by atoms with Crippen LogP contribution in [0.5, 0.6) is 11.5 Å². The molecule has 0 aliphatic carbocycles. The van der Waals surface area contributed by atoms with E-state index in [2.05, 4.69) is 0 Å². The van der Waals surface area contributed by atoms with Gasteiger partial charge in [-0.3, -0.25) is 9.59 Å². The molecule has 0 aliphatic rings. The van der Waals surface area contributed by atoms with E-state index in [1.54, 1.807) is 55.5 Å². The molecule has 6 heteroatoms. The first-order valence-corrected chi connectivity index (χ1v) is 13.9. The third-order valence-electron chi connectivity index (χ3n) is 6.93. The SMILES string of the molecule is COc1ccc2ccccc2c1C(=O)P(=O)(C(=O)c1c(OC)ccc2ccccc12)c1cc(C)ccc1C. The predicted octanol–water partition coefficient (Wildman–Crippen LogP) is 7.30. The number of methoxy groups -OCH3 is 2. The van der Waals surface area contributed by atoms with Gasteiger partial charge in [-0.05, 0) is 59.2 Å². The number of carbonyl (C=O) groups excluding carboxylic acids is 2. The molecule has 0 unspecified atom stereocenters. The second kappa shape index (κ2) is 9.92. The van der Waals surface area contributed by atoms with E-state index in [1.807, 2.05) is 49.4 Å². The van der Waals surface area contributed by atoms with Crippen LogP contribution >= 0.6 is 7.14 Å². The van der Waals surface area contributed by atoms with Crippen molar-refractivity contribution in [2.75, 3.05) is 14.2 Å². The minimum Gasteiger partial charge on any atom is -0.496 e. The smallest absolute Gasteiger partial charge is 0.249 e. The average molecular weight is 523 g/mol. The van der Waals surface area contributed by atoms with Gasteiger partial charge in [-0.1, -0.05) is 78.4 Å². The highest BCUT2D eigenvalue weighted by atomic mass is 31.2. The molecule has 0 bridgehead atoms. The molecule has 190 valence electrons. The van der Waals surface area contributed by atoms with Crippen LogP contribution in [0, 0.1) is 13.8 Å². The highest BCUT2D eigenvalue weighted by Gasteiger charge is 2.46. The lowest BCUT2D eigenvalue weighted by molar-refractivity contribution is 0.104. The number of carbonyl (C=O) groups is 2. The van der Waals surface area contributed by atoms with Gasteiger partial charge in [0, 0.05) is 5.30 Å². The van der Waals surface area contributed by atoms with Gasteiger partial charge >= 0.3 is 0 Å². The first-order valence-electron chi connectivity index (χ1n) is 12.2. The summed E-state index contributed by atoms with van der Waals surface area (Å²) in [6, 6.07) is 27.0. The van der Waals surface area contributed by atoms with Crippen molar-refractivity contribution in [3.8, 4) is 11.5 Å². The summed E-state index contributed by atoms with van der Waals surface area (Å²) in [7, 11) is -1.57. The Bertz CT molecular complexity index is 1680. The Kier molecular flexibility index (Phi) is 6.64. The molecule has 0 N–H and O–H groups in total. The summed E-state index contributed by atoms with van der Waals surface area (Å²) >= 11 is 0. The lowest BCUT2D eigenvalue weighted by Gasteiger charge is -2.22. The zero-order valence-electron chi connectivity index (χ0n) is 21.6. The average Bonchev–Trinajstić information content (AvgIpc) is 2.95. The van der Waals surface area contributed by atoms with Gasteiger partial charge in [0.05, 0.1) is 25.3 Å². The van der Waals surface area contributed by atoms with Crippen molar-refractivity contribution in [2.24, 2.45) is 0 Å². The van der Waals surface area contributed by atoms with E-state index in [-0.39, 0.29) is 27.9 Å². The first kappa shape index (κ1) is 25.4. The summed E-state index contributed by atoms with van der Waals surface area (Å²) in [5.74, 6) is 0.522. The Morgan fingerprint density at radius 1 is 0.632 bits per heavy atom. The van der Waals surface area contributed by atoms with Crippen LogP contribution in [0.2, 0.25) is 0 Å². The topological polar surface area (TPSA) is 69.7 Å². The Hall–Kier alpha value is -4.21. The van der Waals surface area contributed by atoms with Gasteiger partial charge in [0.1, 0.15) is 11.5 Å². The summed E-state index contributed by atoms with van der Waals surface area (Å²) in [6.45, 7) is 3.61. The number of fused-ring (bicyclic) bond motifs is 2. The number of hydrogen-bond donors (Lipinski definition) is 0. The monoisotopic (exact) mass is 522 g/mol. The maximum atomic E-state index is 15.4. The van der Waals surface area contributed by atoms with E-state index in [4.69, 9.17) is 9.47 Å². The Morgan fingerprint density at radius 3 is 1.58 bits per heavy atom. The molecule has 0 fully saturated rings. The van der Waals surface area contributed by atoms with Crippen LogP contribution in [0.15, 0.2) is 91.0 Å². The number of hydrogen-bond acceptors (Lipinski definition) is 5. The van der Waals surface area contributed by atoms with Crippen molar-refractivity contribution in [3.05, 3.63) is 113 Å². The van der Waals surface area contributed by atoms with Gasteiger partial charge in [-0.2, -0.15) is 0 Å². The van der Waals surface area contributed by atoms with Crippen molar-refractivity contribution in [3.63, 3.8) is 0 Å². The molecule has 0 spiro atoms. The normalized spacial score (nSPS) is 11.5. The van der Waals surface area contributed by atoms with E-state index >= 15 is 4.57 Å². The lowest BCUT2D eigenvalue weighted by Crippen LogP contribution is -2.24. The van der Waals surface area contributed by atoms with Crippen LogP contribution in [0.1, 0.15) is 31.8 Å². The van der Waals surface area contributed by atoms with E-state index in [0.717, 1.165) is 16.3 Å². The molecular weight excluding hydrogens is 495 g/mol. The Labute approximate surface area is 221 Å². The Morgan fingerprint density at radius 2 is 1.11 bits per heavy atom. The van der Waals surface area contributed by atoms with Crippen molar-refractivity contribution >= 4 is 45.0 Å². The zero-order valence-corrected chi connectivity index (χ0v) is 22.5. The summed E-state index contributed by atoms with van der Waals surface area (Å²) in [6.07, 6.45) is 0. The third-order valence-corrected chi connectivity index (χ3v) is 9.68. The predicted molar refractivity (Wildman–Crippen MR) is 153 cm³/mol. The van der Waals surface area contributed by atoms with Crippen molar-refractivity contribution < 1.29 is 23.6 Å². The van der Waals surface area contributed by atoms with Gasteiger partial charge in [0.15, 0.2) is 0 Å². The molecular formula is C32H27O5P. The molecule has 0 heterocycles. The van der Waals surface area contributed by atoms with Crippen molar-refractivity contribution in [1.29, 1.82) is 0 Å². The molecule has 0 aromatic heterocycles. The third kappa shape index (κ3) is 4.00. The van der Waals surface area contributed by atoms with Gasteiger partial charge < -0.3 is 14.0 Å². The summed E-state index contributed by atoms with van der Waals surface area (Å²) in [5, 5.41) is 2.91. The van der Waals surface area contributed by atoms with Crippen LogP contribution in [0.3, 0.4) is 0 Å². The first-order chi connectivity index (χ1) is 18.3. The molecule has 5 nitrogen and oxygen atoms in total. The lowest BCUT2D eigenvalue weighted by atomic mass is 10.0. The van der Waals surface area contributed by atoms with Gasteiger partial charge in [-0.25, -0.2) is 0 Å². The second-order valence-corrected chi connectivity index (χ2v) is 11.8. The van der Waals surface area contributed by atoms with Gasteiger partial charge in [0.2, 0.25) is 18.2 Å². The standard InChI is InChI=1S/C32H27O5P/c1-20-13-14-21(2)28(19-20)38(35,31(33)29-24-11-7-5-9-22(24)15-17-26(29)36-3)32(34)30-25-12-8-6-10-23(25)16-18-27(30)37-4/h5-19H,1-4H3. The molecule has 38 heavy (non-hydrogen) atoms. The molecule has 5 aromatic rings. The Balaban J connectivity index is 1.88. The van der Waals surface area contributed by atoms with Crippen LogP contribution in [-0.4, -0.2) is 25.3 Å². The molecule has 0 aliphatic heterocycles. The number of ether oxygens (including phenoxy) is 2. The molecule has 0 amide bonds. The number of rotatable bonds is 7. The minimum atomic E-state index is -4.49. The fourth-order valence-electron chi connectivity index (χ4n) is 4.97.